The molecule has 44 heavy (non-hydrogen) atoms. The standard InChI is InChI=1S/C34H48N4O6/c1-9-11-13-19(3)35-27-17-25(37-21(5)39)23(15-29(27)43-7)31-33(41)32(34(31)42)24-16-30(44-8)28(18-26(24)38-22(6)40)36-20(4)14-12-10-2/h15-20,31,35-36,41H,9-14H2,1-8H3,(H,37,39)(H,38,40). The van der Waals surface area contributed by atoms with E-state index in [2.05, 4.69) is 49.0 Å². The van der Waals surface area contributed by atoms with Gasteiger partial charge in [0.05, 0.1) is 36.9 Å². The zero-order chi connectivity index (χ0) is 32.6. The summed E-state index contributed by atoms with van der Waals surface area (Å²) in [5.74, 6) is -1.24. The largest absolute Gasteiger partial charge is 0.510 e. The third kappa shape index (κ3) is 8.03. The number of hydrogen-bond acceptors (Lipinski definition) is 8. The van der Waals surface area contributed by atoms with E-state index in [1.807, 2.05) is 0 Å². The minimum Gasteiger partial charge on any atom is -0.510 e. The Kier molecular flexibility index (Phi) is 12.1. The molecular weight excluding hydrogens is 560 g/mol. The van der Waals surface area contributed by atoms with Crippen LogP contribution in [-0.2, 0) is 14.4 Å². The van der Waals surface area contributed by atoms with Crippen LogP contribution in [0.25, 0.3) is 5.57 Å². The van der Waals surface area contributed by atoms with Crippen LogP contribution in [0.3, 0.4) is 0 Å². The zero-order valence-corrected chi connectivity index (χ0v) is 27.3. The summed E-state index contributed by atoms with van der Waals surface area (Å²) in [4.78, 5) is 38.2. The molecule has 1 aliphatic carbocycles. The lowest BCUT2D eigenvalue weighted by atomic mass is 9.74. The number of nitrogens with one attached hydrogen (secondary N) is 4. The number of aliphatic hydroxyl groups excluding tert-OH is 1. The minimum atomic E-state index is -1.03. The molecule has 0 aromatic heterocycles. The lowest BCUT2D eigenvalue weighted by Crippen LogP contribution is -2.30. The van der Waals surface area contributed by atoms with Crippen molar-refractivity contribution in [3.05, 3.63) is 41.2 Å². The van der Waals surface area contributed by atoms with Gasteiger partial charge in [0.2, 0.25) is 11.8 Å². The van der Waals surface area contributed by atoms with E-state index in [0.29, 0.717) is 45.4 Å². The lowest BCUT2D eigenvalue weighted by Gasteiger charge is -2.32. The van der Waals surface area contributed by atoms with Crippen LogP contribution in [0.1, 0.15) is 97.1 Å². The van der Waals surface area contributed by atoms with Gasteiger partial charge in [-0.05, 0) is 56.5 Å². The van der Waals surface area contributed by atoms with Crippen molar-refractivity contribution in [1.29, 1.82) is 0 Å². The van der Waals surface area contributed by atoms with Gasteiger partial charge in [0.1, 0.15) is 23.2 Å². The molecule has 0 spiro atoms. The van der Waals surface area contributed by atoms with Crippen molar-refractivity contribution in [1.82, 2.24) is 0 Å². The number of unbranched alkanes of at least 4 members (excludes halogenated alkanes) is 2. The van der Waals surface area contributed by atoms with Gasteiger partial charge in [-0.3, -0.25) is 14.4 Å². The Morgan fingerprint density at radius 3 is 1.73 bits per heavy atom. The van der Waals surface area contributed by atoms with Gasteiger partial charge in [0, 0.05) is 37.2 Å². The maximum atomic E-state index is 13.9. The number of carbonyl (C=O) groups excluding carboxylic acids is 3. The van der Waals surface area contributed by atoms with Crippen LogP contribution in [0.5, 0.6) is 11.5 Å². The van der Waals surface area contributed by atoms with Gasteiger partial charge in [-0.1, -0.05) is 39.5 Å². The number of ketones is 1. The highest BCUT2D eigenvalue weighted by Crippen LogP contribution is 2.50. The van der Waals surface area contributed by atoms with E-state index in [1.165, 1.54) is 28.1 Å². The molecule has 240 valence electrons. The molecule has 1 aliphatic rings. The molecule has 0 fully saturated rings. The van der Waals surface area contributed by atoms with Crippen LogP contribution in [0.4, 0.5) is 22.7 Å². The second-order valence-corrected chi connectivity index (χ2v) is 11.5. The van der Waals surface area contributed by atoms with Crippen molar-refractivity contribution in [3.8, 4) is 11.5 Å². The van der Waals surface area contributed by atoms with Crippen molar-refractivity contribution in [2.24, 2.45) is 0 Å². The number of carbonyl (C=O) groups is 3. The highest BCUT2D eigenvalue weighted by Gasteiger charge is 2.44. The molecule has 2 aromatic rings. The SMILES string of the molecule is CCCCC(C)Nc1cc(NC(C)=O)c(C2=C(O)C(c3cc(OC)c(NC(C)CCCC)cc3NC(C)=O)C2=O)cc1OC. The predicted molar refractivity (Wildman–Crippen MR) is 177 cm³/mol. The summed E-state index contributed by atoms with van der Waals surface area (Å²) in [6, 6.07) is 7.10. The van der Waals surface area contributed by atoms with E-state index in [0.717, 1.165) is 38.5 Å². The molecule has 3 rings (SSSR count). The van der Waals surface area contributed by atoms with Crippen LogP contribution < -0.4 is 30.7 Å². The molecule has 2 aromatic carbocycles. The van der Waals surface area contributed by atoms with Crippen molar-refractivity contribution < 1.29 is 29.0 Å². The molecule has 0 aliphatic heterocycles. The third-order valence-electron chi connectivity index (χ3n) is 7.74. The Labute approximate surface area is 261 Å². The van der Waals surface area contributed by atoms with Crippen LogP contribution in [0.15, 0.2) is 30.0 Å². The summed E-state index contributed by atoms with van der Waals surface area (Å²) >= 11 is 0. The minimum absolute atomic E-state index is 0.0748. The second kappa shape index (κ2) is 15.5. The first-order valence-electron chi connectivity index (χ1n) is 15.4. The molecule has 0 heterocycles. The topological polar surface area (TPSA) is 138 Å². The number of aliphatic hydroxyl groups is 1. The van der Waals surface area contributed by atoms with E-state index in [1.54, 1.807) is 24.3 Å². The monoisotopic (exact) mass is 608 g/mol. The molecule has 10 heteroatoms. The van der Waals surface area contributed by atoms with E-state index >= 15 is 0 Å². The van der Waals surface area contributed by atoms with Crippen LogP contribution >= 0.6 is 0 Å². The van der Waals surface area contributed by atoms with Gasteiger partial charge in [0.25, 0.3) is 0 Å². The number of ether oxygens (including phenoxy) is 2. The van der Waals surface area contributed by atoms with Gasteiger partial charge < -0.3 is 35.8 Å². The number of rotatable bonds is 16. The number of amides is 2. The Morgan fingerprint density at radius 2 is 1.27 bits per heavy atom. The second-order valence-electron chi connectivity index (χ2n) is 11.5. The predicted octanol–water partition coefficient (Wildman–Crippen LogP) is 7.24. The first-order chi connectivity index (χ1) is 20.9. The van der Waals surface area contributed by atoms with Gasteiger partial charge >= 0.3 is 0 Å². The molecule has 5 N–H and O–H groups in total. The number of benzene rings is 2. The molecule has 0 saturated heterocycles. The fraction of sp³-hybridized carbons (Fsp3) is 0.500. The summed E-state index contributed by atoms with van der Waals surface area (Å²) in [7, 11) is 3.07. The van der Waals surface area contributed by atoms with Gasteiger partial charge in [0.15, 0.2) is 5.78 Å². The van der Waals surface area contributed by atoms with Gasteiger partial charge in [-0.2, -0.15) is 0 Å². The van der Waals surface area contributed by atoms with Gasteiger partial charge in [-0.15, -0.1) is 0 Å². The highest BCUT2D eigenvalue weighted by molar-refractivity contribution is 6.33. The maximum absolute atomic E-state index is 13.9. The summed E-state index contributed by atoms with van der Waals surface area (Å²) in [5, 5.41) is 23.9. The van der Waals surface area contributed by atoms with E-state index in [9.17, 15) is 19.5 Å². The first kappa shape index (κ1) is 34.3. The molecule has 0 radical (unpaired) electrons. The molecule has 2 amide bonds. The van der Waals surface area contributed by atoms with E-state index < -0.39 is 5.92 Å². The fourth-order valence-corrected chi connectivity index (χ4v) is 5.49. The lowest BCUT2D eigenvalue weighted by molar-refractivity contribution is -0.117. The Bertz CT molecular complexity index is 1400. The fourth-order valence-electron chi connectivity index (χ4n) is 5.49. The smallest absolute Gasteiger partial charge is 0.221 e. The van der Waals surface area contributed by atoms with Crippen LogP contribution in [0, 0.1) is 0 Å². The third-order valence-corrected chi connectivity index (χ3v) is 7.74. The van der Waals surface area contributed by atoms with Crippen molar-refractivity contribution in [3.63, 3.8) is 0 Å². The molecule has 3 atom stereocenters. The molecule has 0 bridgehead atoms. The Balaban J connectivity index is 2.09. The number of hydrogen-bond donors (Lipinski definition) is 5. The molecule has 0 saturated carbocycles. The van der Waals surface area contributed by atoms with Gasteiger partial charge in [-0.25, -0.2) is 0 Å². The number of methoxy groups -OCH3 is 2. The molecular formula is C34H48N4O6. The Morgan fingerprint density at radius 1 is 0.795 bits per heavy atom. The average molecular weight is 609 g/mol. The first-order valence-corrected chi connectivity index (χ1v) is 15.4. The Hall–Kier alpha value is -4.21. The van der Waals surface area contributed by atoms with Crippen LogP contribution in [0.2, 0.25) is 0 Å². The van der Waals surface area contributed by atoms with Crippen molar-refractivity contribution in [2.75, 3.05) is 35.5 Å². The number of Topliss-reactive ketones (excluding diaryl/α,β-unsaturated/α-hetero) is 1. The summed E-state index contributed by atoms with van der Waals surface area (Å²) in [6.45, 7) is 11.2. The van der Waals surface area contributed by atoms with E-state index in [-0.39, 0.29) is 41.0 Å². The number of anilines is 4. The summed E-state index contributed by atoms with van der Waals surface area (Å²) < 4.78 is 11.3. The molecule has 10 nitrogen and oxygen atoms in total. The van der Waals surface area contributed by atoms with Crippen LogP contribution in [-0.4, -0.2) is 49.0 Å². The van der Waals surface area contributed by atoms with Crippen molar-refractivity contribution in [2.45, 2.75) is 98.1 Å². The van der Waals surface area contributed by atoms with Crippen molar-refractivity contribution >= 4 is 45.9 Å². The summed E-state index contributed by atoms with van der Waals surface area (Å²) in [5.41, 5.74) is 2.94. The highest BCUT2D eigenvalue weighted by atomic mass is 16.5. The van der Waals surface area contributed by atoms with E-state index in [4.69, 9.17) is 9.47 Å². The average Bonchev–Trinajstić information content (AvgIpc) is 2.96. The normalized spacial score (nSPS) is 15.6. The quantitative estimate of drug-likeness (QED) is 0.134. The zero-order valence-electron chi connectivity index (χ0n) is 27.3. The number of allylic oxidation sites excluding steroid dienone is 2. The summed E-state index contributed by atoms with van der Waals surface area (Å²) in [6.07, 6.45) is 6.17. The maximum Gasteiger partial charge on any atom is 0.221 e. The molecule has 3 unspecified atom stereocenters.